The number of aromatic nitrogens is 2. The summed E-state index contributed by atoms with van der Waals surface area (Å²) >= 11 is 0. The number of nitrogens with zero attached hydrogens (tertiary/aromatic N) is 4. The average Bonchev–Trinajstić information content (AvgIpc) is 3.10. The van der Waals surface area contributed by atoms with Gasteiger partial charge < -0.3 is 9.15 Å². The van der Waals surface area contributed by atoms with E-state index < -0.39 is 0 Å². The summed E-state index contributed by atoms with van der Waals surface area (Å²) in [5, 5.41) is 8.05. The molecule has 0 saturated carbocycles. The van der Waals surface area contributed by atoms with Crippen molar-refractivity contribution in [2.45, 2.75) is 38.8 Å². The topological polar surface area (TPSA) is 54.6 Å². The molecule has 112 valence electrons. The Morgan fingerprint density at radius 3 is 2.65 bits per heavy atom. The highest BCUT2D eigenvalue weighted by atomic mass is 16.5. The zero-order valence-corrected chi connectivity index (χ0v) is 12.4. The van der Waals surface area contributed by atoms with Gasteiger partial charge in [-0.1, -0.05) is 0 Å². The Balaban J connectivity index is 1.48. The molecule has 0 aliphatic carbocycles. The van der Waals surface area contributed by atoms with Crippen molar-refractivity contribution in [2.75, 3.05) is 39.3 Å². The Kier molecular flexibility index (Phi) is 4.33. The second kappa shape index (κ2) is 6.20. The van der Waals surface area contributed by atoms with Crippen LogP contribution in [0.1, 0.15) is 37.6 Å². The van der Waals surface area contributed by atoms with Gasteiger partial charge in [-0.25, -0.2) is 0 Å². The molecule has 0 aromatic carbocycles. The number of hydrogen-bond acceptors (Lipinski definition) is 6. The van der Waals surface area contributed by atoms with Gasteiger partial charge in [0.15, 0.2) is 0 Å². The van der Waals surface area contributed by atoms with Crippen LogP contribution >= 0.6 is 0 Å². The van der Waals surface area contributed by atoms with E-state index in [4.69, 9.17) is 9.15 Å². The van der Waals surface area contributed by atoms with Crippen molar-refractivity contribution >= 4 is 0 Å². The van der Waals surface area contributed by atoms with E-state index in [0.29, 0.717) is 12.0 Å². The molecule has 6 heteroatoms. The molecule has 2 atom stereocenters. The third-order valence-electron chi connectivity index (χ3n) is 4.34. The summed E-state index contributed by atoms with van der Waals surface area (Å²) in [6, 6.07) is 0.209. The minimum Gasteiger partial charge on any atom is -0.424 e. The van der Waals surface area contributed by atoms with Gasteiger partial charge in [-0.3, -0.25) is 9.80 Å². The highest BCUT2D eigenvalue weighted by molar-refractivity contribution is 4.90. The molecule has 0 bridgehead atoms. The lowest BCUT2D eigenvalue weighted by Gasteiger charge is -2.37. The van der Waals surface area contributed by atoms with Gasteiger partial charge in [0.1, 0.15) is 0 Å². The Morgan fingerprint density at radius 2 is 2.05 bits per heavy atom. The van der Waals surface area contributed by atoms with Crippen molar-refractivity contribution in [1.82, 2.24) is 20.0 Å². The summed E-state index contributed by atoms with van der Waals surface area (Å²) in [5.74, 6) is 1.37. The Hall–Kier alpha value is -0.980. The van der Waals surface area contributed by atoms with Crippen molar-refractivity contribution in [1.29, 1.82) is 0 Å². The van der Waals surface area contributed by atoms with Gasteiger partial charge >= 0.3 is 0 Å². The van der Waals surface area contributed by atoms with Crippen LogP contribution in [-0.2, 0) is 4.74 Å². The fraction of sp³-hybridized carbons (Fsp3) is 0.857. The molecule has 2 aliphatic heterocycles. The molecule has 6 nitrogen and oxygen atoms in total. The van der Waals surface area contributed by atoms with Gasteiger partial charge in [0.2, 0.25) is 11.8 Å². The minimum atomic E-state index is 0.209. The highest BCUT2D eigenvalue weighted by Crippen LogP contribution is 2.21. The van der Waals surface area contributed by atoms with Crippen molar-refractivity contribution < 1.29 is 9.15 Å². The van der Waals surface area contributed by atoms with Crippen LogP contribution in [0.2, 0.25) is 0 Å². The Bertz CT molecular complexity index is 423. The summed E-state index contributed by atoms with van der Waals surface area (Å²) < 4.78 is 11.2. The zero-order chi connectivity index (χ0) is 13.9. The van der Waals surface area contributed by atoms with Crippen LogP contribution in [0.15, 0.2) is 4.42 Å². The third kappa shape index (κ3) is 3.19. The molecule has 2 fully saturated rings. The quantitative estimate of drug-likeness (QED) is 0.827. The summed E-state index contributed by atoms with van der Waals surface area (Å²) in [7, 11) is 0. The van der Waals surface area contributed by atoms with Crippen LogP contribution < -0.4 is 0 Å². The van der Waals surface area contributed by atoms with Gasteiger partial charge in [0, 0.05) is 46.3 Å². The lowest BCUT2D eigenvalue weighted by atomic mass is 10.2. The Labute approximate surface area is 120 Å². The second-order valence-corrected chi connectivity index (χ2v) is 5.81. The van der Waals surface area contributed by atoms with Crippen LogP contribution in [0.3, 0.4) is 0 Å². The van der Waals surface area contributed by atoms with Crippen molar-refractivity contribution in [2.24, 2.45) is 0 Å². The van der Waals surface area contributed by atoms with Gasteiger partial charge in [-0.2, -0.15) is 0 Å². The smallest absolute Gasteiger partial charge is 0.233 e. The fourth-order valence-corrected chi connectivity index (χ4v) is 3.05. The second-order valence-electron chi connectivity index (χ2n) is 5.81. The largest absolute Gasteiger partial charge is 0.424 e. The fourth-order valence-electron chi connectivity index (χ4n) is 3.05. The van der Waals surface area contributed by atoms with Crippen LogP contribution in [0.25, 0.3) is 0 Å². The van der Waals surface area contributed by atoms with E-state index >= 15 is 0 Å². The first-order valence-corrected chi connectivity index (χ1v) is 7.60. The van der Waals surface area contributed by atoms with E-state index in [-0.39, 0.29) is 6.04 Å². The molecule has 0 spiro atoms. The van der Waals surface area contributed by atoms with E-state index in [2.05, 4.69) is 26.9 Å². The molecule has 3 heterocycles. The van der Waals surface area contributed by atoms with E-state index in [1.807, 2.05) is 6.92 Å². The molecule has 0 unspecified atom stereocenters. The number of hydrogen-bond donors (Lipinski definition) is 0. The molecule has 2 saturated heterocycles. The highest BCUT2D eigenvalue weighted by Gasteiger charge is 2.27. The van der Waals surface area contributed by atoms with Crippen LogP contribution in [0.4, 0.5) is 0 Å². The first-order valence-electron chi connectivity index (χ1n) is 7.60. The average molecular weight is 280 g/mol. The minimum absolute atomic E-state index is 0.209. The standard InChI is InChI=1S/C14H24N4O2/c1-11(14-16-15-12(2)20-14)18-7-5-17(6-8-18)10-13-4-3-9-19-13/h11,13H,3-10H2,1-2H3/t11-,13-/m1/s1. The first kappa shape index (κ1) is 14.0. The van der Waals surface area contributed by atoms with Gasteiger partial charge in [0.25, 0.3) is 0 Å². The van der Waals surface area contributed by atoms with Crippen molar-refractivity contribution in [3.05, 3.63) is 11.8 Å². The summed E-state index contributed by atoms with van der Waals surface area (Å²) in [6.07, 6.45) is 2.90. The maximum atomic E-state index is 5.71. The van der Waals surface area contributed by atoms with E-state index in [0.717, 1.165) is 45.2 Å². The predicted molar refractivity (Wildman–Crippen MR) is 74.4 cm³/mol. The van der Waals surface area contributed by atoms with Gasteiger partial charge in [-0.15, -0.1) is 10.2 Å². The maximum absolute atomic E-state index is 5.71. The summed E-state index contributed by atoms with van der Waals surface area (Å²) in [6.45, 7) is 10.3. The molecule has 1 aromatic rings. The molecule has 1 aromatic heterocycles. The van der Waals surface area contributed by atoms with E-state index in [1.54, 1.807) is 0 Å². The lowest BCUT2D eigenvalue weighted by molar-refractivity contribution is 0.0386. The molecule has 3 rings (SSSR count). The van der Waals surface area contributed by atoms with Gasteiger partial charge in [0.05, 0.1) is 12.1 Å². The van der Waals surface area contributed by atoms with Gasteiger partial charge in [-0.05, 0) is 19.8 Å². The van der Waals surface area contributed by atoms with Crippen LogP contribution in [0.5, 0.6) is 0 Å². The predicted octanol–water partition coefficient (Wildman–Crippen LogP) is 1.24. The third-order valence-corrected chi connectivity index (χ3v) is 4.34. The molecular weight excluding hydrogens is 256 g/mol. The van der Waals surface area contributed by atoms with E-state index in [9.17, 15) is 0 Å². The summed E-state index contributed by atoms with van der Waals surface area (Å²) in [5.41, 5.74) is 0. The van der Waals surface area contributed by atoms with Crippen LogP contribution in [0, 0.1) is 6.92 Å². The molecule has 0 radical (unpaired) electrons. The maximum Gasteiger partial charge on any atom is 0.233 e. The summed E-state index contributed by atoms with van der Waals surface area (Å²) in [4.78, 5) is 4.93. The molecule has 2 aliphatic rings. The normalized spacial score (nSPS) is 27.0. The lowest BCUT2D eigenvalue weighted by Crippen LogP contribution is -2.49. The van der Waals surface area contributed by atoms with Crippen molar-refractivity contribution in [3.63, 3.8) is 0 Å². The monoisotopic (exact) mass is 280 g/mol. The number of aryl methyl sites for hydroxylation is 1. The zero-order valence-electron chi connectivity index (χ0n) is 12.4. The van der Waals surface area contributed by atoms with Crippen LogP contribution in [-0.4, -0.2) is 65.4 Å². The molecular formula is C14H24N4O2. The van der Waals surface area contributed by atoms with E-state index in [1.165, 1.54) is 12.8 Å². The molecule has 20 heavy (non-hydrogen) atoms. The Morgan fingerprint density at radius 1 is 1.25 bits per heavy atom. The molecule has 0 N–H and O–H groups in total. The first-order chi connectivity index (χ1) is 9.72. The van der Waals surface area contributed by atoms with Crippen molar-refractivity contribution in [3.8, 4) is 0 Å². The number of ether oxygens (including phenoxy) is 1. The SMILES string of the molecule is Cc1nnc([C@@H](C)N2CCN(C[C@H]3CCCO3)CC2)o1. The number of rotatable bonds is 4. The molecule has 0 amide bonds. The number of piperazine rings is 1.